The van der Waals surface area contributed by atoms with Crippen LogP contribution in [0.1, 0.15) is 19.8 Å². The first-order chi connectivity index (χ1) is 8.06. The summed E-state index contributed by atoms with van der Waals surface area (Å²) in [6, 6.07) is 7.91. The van der Waals surface area contributed by atoms with Crippen molar-refractivity contribution >= 4 is 16.1 Å². The number of benzene rings is 1. The van der Waals surface area contributed by atoms with Crippen molar-refractivity contribution in [2.24, 2.45) is 0 Å². The van der Waals surface area contributed by atoms with E-state index in [9.17, 15) is 13.2 Å². The monoisotopic (exact) mass is 255 g/mol. The van der Waals surface area contributed by atoms with Gasteiger partial charge < -0.3 is 5.32 Å². The molecule has 6 heteroatoms. The van der Waals surface area contributed by atoms with Gasteiger partial charge in [-0.2, -0.15) is 0 Å². The first kappa shape index (κ1) is 13.5. The minimum absolute atomic E-state index is 0.0503. The molecule has 0 aromatic heterocycles. The maximum atomic E-state index is 11.7. The largest absolute Gasteiger partial charge is 0.337 e. The van der Waals surface area contributed by atoms with E-state index in [0.29, 0.717) is 6.54 Å². The fourth-order valence-corrected chi connectivity index (χ4v) is 2.04. The van der Waals surface area contributed by atoms with Crippen LogP contribution in [0.25, 0.3) is 0 Å². The number of urea groups is 1. The number of nitrogens with one attached hydrogen (secondary N) is 2. The van der Waals surface area contributed by atoms with E-state index in [-0.39, 0.29) is 4.90 Å². The molecule has 0 unspecified atom stereocenters. The number of amides is 2. The number of carbonyl (C=O) groups is 1. The second-order valence-electron chi connectivity index (χ2n) is 3.44. The highest BCUT2D eigenvalue weighted by Gasteiger charge is 2.16. The van der Waals surface area contributed by atoms with Crippen LogP contribution in [0.4, 0.5) is 4.79 Å². The third-order valence-corrected chi connectivity index (χ3v) is 3.30. The Balaban J connectivity index is 2.59. The molecule has 93 valence electrons. The van der Waals surface area contributed by atoms with Crippen molar-refractivity contribution in [1.82, 2.24) is 10.0 Å². The molecule has 0 spiro atoms. The molecular weight excluding hydrogens is 240 g/mol. The topological polar surface area (TPSA) is 75.3 Å². The smallest absolute Gasteiger partial charge is 0.328 e. The van der Waals surface area contributed by atoms with Crippen LogP contribution in [-0.2, 0) is 10.0 Å². The van der Waals surface area contributed by atoms with Gasteiger partial charge in [-0.25, -0.2) is 17.9 Å². The lowest BCUT2D eigenvalue weighted by molar-refractivity contribution is 0.245. The summed E-state index contributed by atoms with van der Waals surface area (Å²) < 4.78 is 25.3. The predicted octanol–water partition coefficient (Wildman–Crippen LogP) is 1.27. The Morgan fingerprint density at radius 1 is 1.41 bits per heavy atom. The number of sulfonamides is 1. The van der Waals surface area contributed by atoms with Gasteiger partial charge in [0.15, 0.2) is 0 Å². The minimum Gasteiger partial charge on any atom is -0.337 e. The number of carbonyl (C=O) groups excluding carboxylic acids is 1. The summed E-state index contributed by atoms with van der Waals surface area (Å²) in [6.45, 7) is 2.44. The van der Waals surface area contributed by atoms with E-state index in [1.165, 1.54) is 12.1 Å². The standard InChI is InChI=1S/C11H15N2O3S/c1-2-3-9-12-11(14)13-17(15,16)10-7-5-4-6-8-10/h4-7H,2-3,9H2,1H3,(H2,12,13,14). The third kappa shape index (κ3) is 4.44. The van der Waals surface area contributed by atoms with Gasteiger partial charge in [-0.3, -0.25) is 0 Å². The van der Waals surface area contributed by atoms with Gasteiger partial charge in [-0.05, 0) is 12.5 Å². The van der Waals surface area contributed by atoms with Crippen molar-refractivity contribution < 1.29 is 13.2 Å². The van der Waals surface area contributed by atoms with Gasteiger partial charge in [0.25, 0.3) is 10.0 Å². The normalized spacial score (nSPS) is 10.9. The maximum Gasteiger partial charge on any atom is 0.328 e. The molecule has 2 amide bonds. The van der Waals surface area contributed by atoms with E-state index in [1.54, 1.807) is 12.1 Å². The lowest BCUT2D eigenvalue weighted by Gasteiger charge is -2.07. The zero-order valence-electron chi connectivity index (χ0n) is 9.56. The molecule has 0 heterocycles. The van der Waals surface area contributed by atoms with Crippen LogP contribution < -0.4 is 10.0 Å². The SMILES string of the molecule is CCCCNC(=O)NS(=O)(=O)c1[c]cccc1. The molecule has 0 aliphatic carbocycles. The van der Waals surface area contributed by atoms with E-state index in [4.69, 9.17) is 0 Å². The molecule has 0 bridgehead atoms. The van der Waals surface area contributed by atoms with Crippen LogP contribution in [0, 0.1) is 6.07 Å². The molecule has 1 aromatic rings. The average molecular weight is 255 g/mol. The van der Waals surface area contributed by atoms with Crippen molar-refractivity contribution in [3.63, 3.8) is 0 Å². The summed E-state index contributed by atoms with van der Waals surface area (Å²) >= 11 is 0. The van der Waals surface area contributed by atoms with Gasteiger partial charge in [-0.15, -0.1) is 0 Å². The third-order valence-electron chi connectivity index (χ3n) is 2.01. The zero-order chi connectivity index (χ0) is 12.7. The lowest BCUT2D eigenvalue weighted by atomic mass is 10.3. The van der Waals surface area contributed by atoms with Crippen molar-refractivity contribution in [3.8, 4) is 0 Å². The number of hydrogen-bond acceptors (Lipinski definition) is 3. The van der Waals surface area contributed by atoms with E-state index in [2.05, 4.69) is 11.4 Å². The molecule has 1 rings (SSSR count). The maximum absolute atomic E-state index is 11.7. The second kappa shape index (κ2) is 6.24. The van der Waals surface area contributed by atoms with Crippen molar-refractivity contribution in [1.29, 1.82) is 0 Å². The fourth-order valence-electron chi connectivity index (χ4n) is 1.14. The lowest BCUT2D eigenvalue weighted by Crippen LogP contribution is -2.39. The van der Waals surface area contributed by atoms with Crippen LogP contribution in [0.15, 0.2) is 29.2 Å². The summed E-state index contributed by atoms with van der Waals surface area (Å²) in [5.41, 5.74) is 0. The second-order valence-corrected chi connectivity index (χ2v) is 5.09. The number of unbranched alkanes of at least 4 members (excludes halogenated alkanes) is 1. The van der Waals surface area contributed by atoms with Crippen LogP contribution in [0.2, 0.25) is 0 Å². The summed E-state index contributed by atoms with van der Waals surface area (Å²) in [7, 11) is -3.81. The Bertz CT molecular complexity index is 457. The van der Waals surface area contributed by atoms with Crippen LogP contribution in [0.3, 0.4) is 0 Å². The minimum atomic E-state index is -3.81. The molecule has 0 aliphatic heterocycles. The van der Waals surface area contributed by atoms with Crippen LogP contribution in [0.5, 0.6) is 0 Å². The highest BCUT2D eigenvalue weighted by molar-refractivity contribution is 7.90. The molecule has 0 aliphatic rings. The van der Waals surface area contributed by atoms with E-state index < -0.39 is 16.1 Å². The van der Waals surface area contributed by atoms with E-state index >= 15 is 0 Å². The first-order valence-electron chi connectivity index (χ1n) is 5.33. The van der Waals surface area contributed by atoms with Gasteiger partial charge in [0.1, 0.15) is 0 Å². The predicted molar refractivity (Wildman–Crippen MR) is 63.9 cm³/mol. The Kier molecular flexibility index (Phi) is 4.96. The highest BCUT2D eigenvalue weighted by Crippen LogP contribution is 2.05. The Hall–Kier alpha value is -1.56. The van der Waals surface area contributed by atoms with Crippen LogP contribution >= 0.6 is 0 Å². The van der Waals surface area contributed by atoms with Gasteiger partial charge in [0.2, 0.25) is 0 Å². The molecule has 17 heavy (non-hydrogen) atoms. The molecule has 0 atom stereocenters. The Morgan fingerprint density at radius 3 is 2.76 bits per heavy atom. The van der Waals surface area contributed by atoms with E-state index in [1.807, 2.05) is 11.6 Å². The number of hydrogen-bond donors (Lipinski definition) is 2. The summed E-state index contributed by atoms with van der Waals surface area (Å²) in [4.78, 5) is 11.2. The molecule has 5 nitrogen and oxygen atoms in total. The van der Waals surface area contributed by atoms with Crippen molar-refractivity contribution in [2.75, 3.05) is 6.54 Å². The molecule has 0 saturated carbocycles. The van der Waals surface area contributed by atoms with Gasteiger partial charge in [0.05, 0.1) is 4.90 Å². The summed E-state index contributed by atoms with van der Waals surface area (Å²) in [6.07, 6.45) is 1.74. The fraction of sp³-hybridized carbons (Fsp3) is 0.364. The molecular formula is C11H15N2O3S. The molecule has 0 fully saturated rings. The van der Waals surface area contributed by atoms with Crippen molar-refractivity contribution in [3.05, 3.63) is 30.3 Å². The quantitative estimate of drug-likeness (QED) is 0.778. The van der Waals surface area contributed by atoms with Gasteiger partial charge >= 0.3 is 6.03 Å². The highest BCUT2D eigenvalue weighted by atomic mass is 32.2. The van der Waals surface area contributed by atoms with E-state index in [0.717, 1.165) is 12.8 Å². The Morgan fingerprint density at radius 2 is 2.18 bits per heavy atom. The Labute approximate surface area is 101 Å². The average Bonchev–Trinajstić information content (AvgIpc) is 2.30. The molecule has 1 aromatic carbocycles. The molecule has 1 radical (unpaired) electrons. The first-order valence-corrected chi connectivity index (χ1v) is 6.82. The van der Waals surface area contributed by atoms with Crippen LogP contribution in [-0.4, -0.2) is 21.0 Å². The molecule has 0 saturated heterocycles. The molecule has 2 N–H and O–H groups in total. The number of rotatable bonds is 5. The van der Waals surface area contributed by atoms with Gasteiger partial charge in [-0.1, -0.05) is 31.5 Å². The van der Waals surface area contributed by atoms with Crippen molar-refractivity contribution in [2.45, 2.75) is 24.7 Å². The van der Waals surface area contributed by atoms with Gasteiger partial charge in [0, 0.05) is 12.6 Å². The summed E-state index contributed by atoms with van der Waals surface area (Å²) in [5, 5.41) is 2.47. The zero-order valence-corrected chi connectivity index (χ0v) is 10.4. The summed E-state index contributed by atoms with van der Waals surface area (Å²) in [5.74, 6) is 0.